The number of carbonyl (C=O) groups is 2. The molecule has 0 radical (unpaired) electrons. The van der Waals surface area contributed by atoms with E-state index in [1.165, 1.54) is 19.1 Å². The van der Waals surface area contributed by atoms with Gasteiger partial charge in [-0.25, -0.2) is 4.79 Å². The third-order valence-corrected chi connectivity index (χ3v) is 3.65. The van der Waals surface area contributed by atoms with Gasteiger partial charge in [0.25, 0.3) is 5.91 Å². The molecule has 6 heteroatoms. The molecule has 2 N–H and O–H groups in total. The van der Waals surface area contributed by atoms with E-state index in [1.54, 1.807) is 32.2 Å². The fourth-order valence-corrected chi connectivity index (χ4v) is 2.17. The Morgan fingerprint density at radius 2 is 1.84 bits per heavy atom. The van der Waals surface area contributed by atoms with E-state index in [0.29, 0.717) is 6.54 Å². The van der Waals surface area contributed by atoms with E-state index in [1.807, 2.05) is 12.1 Å². The fourth-order valence-electron chi connectivity index (χ4n) is 2.17. The molecule has 0 fully saturated rings. The Labute approximate surface area is 146 Å². The monoisotopic (exact) mass is 343 g/mol. The molecule has 0 heterocycles. The van der Waals surface area contributed by atoms with Gasteiger partial charge in [-0.3, -0.25) is 4.79 Å². The van der Waals surface area contributed by atoms with Crippen molar-refractivity contribution < 1.29 is 24.2 Å². The number of ether oxygens (including phenoxy) is 2. The summed E-state index contributed by atoms with van der Waals surface area (Å²) in [6.45, 7) is 3.58. The molecule has 0 bridgehead atoms. The SMILES string of the molecule is COc1ccc(CNC(=O)[C@H](C)OC(=O)c2ccc(C)cc2O)cc1. The van der Waals surface area contributed by atoms with Crippen molar-refractivity contribution in [2.24, 2.45) is 0 Å². The van der Waals surface area contributed by atoms with E-state index in [2.05, 4.69) is 5.32 Å². The van der Waals surface area contributed by atoms with Crippen LogP contribution in [0.25, 0.3) is 0 Å². The molecular weight excluding hydrogens is 322 g/mol. The number of rotatable bonds is 6. The summed E-state index contributed by atoms with van der Waals surface area (Å²) >= 11 is 0. The van der Waals surface area contributed by atoms with Gasteiger partial charge in [0.1, 0.15) is 17.1 Å². The van der Waals surface area contributed by atoms with Crippen LogP contribution in [0.2, 0.25) is 0 Å². The quantitative estimate of drug-likeness (QED) is 0.788. The Balaban J connectivity index is 1.89. The number of esters is 1. The van der Waals surface area contributed by atoms with Gasteiger partial charge in [-0.2, -0.15) is 0 Å². The van der Waals surface area contributed by atoms with Gasteiger partial charge in [-0.05, 0) is 49.2 Å². The second-order valence-corrected chi connectivity index (χ2v) is 5.63. The molecule has 2 rings (SSSR count). The topological polar surface area (TPSA) is 84.9 Å². The Kier molecular flexibility index (Phi) is 6.00. The highest BCUT2D eigenvalue weighted by atomic mass is 16.5. The van der Waals surface area contributed by atoms with Crippen LogP contribution >= 0.6 is 0 Å². The Bertz CT molecular complexity index is 755. The third-order valence-electron chi connectivity index (χ3n) is 3.65. The maximum Gasteiger partial charge on any atom is 0.342 e. The maximum atomic E-state index is 12.1. The van der Waals surface area contributed by atoms with Crippen molar-refractivity contribution in [2.45, 2.75) is 26.5 Å². The number of hydrogen-bond donors (Lipinski definition) is 2. The number of benzene rings is 2. The largest absolute Gasteiger partial charge is 0.507 e. The normalized spacial score (nSPS) is 11.5. The summed E-state index contributed by atoms with van der Waals surface area (Å²) in [7, 11) is 1.58. The molecule has 0 aromatic heterocycles. The van der Waals surface area contributed by atoms with Crippen LogP contribution in [0.15, 0.2) is 42.5 Å². The molecule has 132 valence electrons. The second-order valence-electron chi connectivity index (χ2n) is 5.63. The van der Waals surface area contributed by atoms with E-state index in [4.69, 9.17) is 9.47 Å². The first-order valence-electron chi connectivity index (χ1n) is 7.82. The van der Waals surface area contributed by atoms with Crippen LogP contribution in [0, 0.1) is 6.92 Å². The summed E-state index contributed by atoms with van der Waals surface area (Å²) < 4.78 is 10.2. The highest BCUT2D eigenvalue weighted by Gasteiger charge is 2.20. The lowest BCUT2D eigenvalue weighted by atomic mass is 10.1. The first kappa shape index (κ1) is 18.3. The van der Waals surface area contributed by atoms with E-state index in [0.717, 1.165) is 16.9 Å². The number of aromatic hydroxyl groups is 1. The maximum absolute atomic E-state index is 12.1. The Morgan fingerprint density at radius 1 is 1.16 bits per heavy atom. The van der Waals surface area contributed by atoms with E-state index in [9.17, 15) is 14.7 Å². The van der Waals surface area contributed by atoms with Gasteiger partial charge in [0, 0.05) is 6.54 Å². The molecule has 1 amide bonds. The van der Waals surface area contributed by atoms with E-state index >= 15 is 0 Å². The zero-order valence-corrected chi connectivity index (χ0v) is 14.4. The van der Waals surface area contributed by atoms with Crippen LogP contribution in [0.5, 0.6) is 11.5 Å². The second kappa shape index (κ2) is 8.19. The van der Waals surface area contributed by atoms with Crippen molar-refractivity contribution >= 4 is 11.9 Å². The molecule has 2 aromatic rings. The summed E-state index contributed by atoms with van der Waals surface area (Å²) in [6.07, 6.45) is -0.980. The number of nitrogens with one attached hydrogen (secondary N) is 1. The van der Waals surface area contributed by atoms with Crippen molar-refractivity contribution in [1.82, 2.24) is 5.32 Å². The van der Waals surface area contributed by atoms with Crippen LogP contribution in [-0.4, -0.2) is 30.2 Å². The van der Waals surface area contributed by atoms with Crippen molar-refractivity contribution in [3.63, 3.8) is 0 Å². The lowest BCUT2D eigenvalue weighted by molar-refractivity contribution is -0.129. The van der Waals surface area contributed by atoms with Crippen molar-refractivity contribution in [1.29, 1.82) is 0 Å². The number of aryl methyl sites for hydroxylation is 1. The molecule has 0 aliphatic heterocycles. The predicted molar refractivity (Wildman–Crippen MR) is 92.6 cm³/mol. The number of phenols is 1. The molecule has 25 heavy (non-hydrogen) atoms. The number of phenolic OH excluding ortho intramolecular Hbond substituents is 1. The molecule has 2 aromatic carbocycles. The van der Waals surface area contributed by atoms with Gasteiger partial charge in [0.05, 0.1) is 7.11 Å². The van der Waals surface area contributed by atoms with Crippen LogP contribution in [0.1, 0.15) is 28.4 Å². The molecule has 0 saturated carbocycles. The highest BCUT2D eigenvalue weighted by Crippen LogP contribution is 2.20. The molecule has 0 aliphatic rings. The highest BCUT2D eigenvalue weighted by molar-refractivity contribution is 5.94. The number of carbonyl (C=O) groups excluding carboxylic acids is 2. The summed E-state index contributed by atoms with van der Waals surface area (Å²) in [6, 6.07) is 11.9. The Morgan fingerprint density at radius 3 is 2.44 bits per heavy atom. The average molecular weight is 343 g/mol. The summed E-state index contributed by atoms with van der Waals surface area (Å²) in [4.78, 5) is 24.1. The zero-order valence-electron chi connectivity index (χ0n) is 14.4. The lowest BCUT2D eigenvalue weighted by Gasteiger charge is -2.14. The lowest BCUT2D eigenvalue weighted by Crippen LogP contribution is -2.35. The van der Waals surface area contributed by atoms with Gasteiger partial charge in [-0.1, -0.05) is 18.2 Å². The number of methoxy groups -OCH3 is 1. The first-order valence-corrected chi connectivity index (χ1v) is 7.82. The van der Waals surface area contributed by atoms with E-state index < -0.39 is 18.0 Å². The third kappa shape index (κ3) is 4.97. The molecule has 0 aliphatic carbocycles. The van der Waals surface area contributed by atoms with Crippen LogP contribution in [-0.2, 0) is 16.1 Å². The van der Waals surface area contributed by atoms with Crippen molar-refractivity contribution in [3.05, 3.63) is 59.2 Å². The minimum atomic E-state index is -0.980. The average Bonchev–Trinajstić information content (AvgIpc) is 2.59. The van der Waals surface area contributed by atoms with Crippen LogP contribution < -0.4 is 10.1 Å². The molecular formula is C19H21NO5. The van der Waals surface area contributed by atoms with Crippen molar-refractivity contribution in [2.75, 3.05) is 7.11 Å². The van der Waals surface area contributed by atoms with Gasteiger partial charge < -0.3 is 19.9 Å². The predicted octanol–water partition coefficient (Wildman–Crippen LogP) is 2.57. The first-order chi connectivity index (χ1) is 11.9. The zero-order chi connectivity index (χ0) is 18.4. The summed E-state index contributed by atoms with van der Waals surface area (Å²) in [5, 5.41) is 12.5. The minimum absolute atomic E-state index is 0.0282. The summed E-state index contributed by atoms with van der Waals surface area (Å²) in [5.74, 6) is -0.605. The number of hydrogen-bond acceptors (Lipinski definition) is 5. The minimum Gasteiger partial charge on any atom is -0.507 e. The number of amides is 1. The van der Waals surface area contributed by atoms with E-state index in [-0.39, 0.29) is 11.3 Å². The molecule has 0 spiro atoms. The molecule has 0 unspecified atom stereocenters. The van der Waals surface area contributed by atoms with Gasteiger partial charge in [-0.15, -0.1) is 0 Å². The molecule has 6 nitrogen and oxygen atoms in total. The van der Waals surface area contributed by atoms with Crippen molar-refractivity contribution in [3.8, 4) is 11.5 Å². The van der Waals surface area contributed by atoms with Gasteiger partial charge >= 0.3 is 5.97 Å². The standard InChI is InChI=1S/C19H21NO5/c1-12-4-9-16(17(21)10-12)19(23)25-13(2)18(22)20-11-14-5-7-15(24-3)8-6-14/h4-10,13,21H,11H2,1-3H3,(H,20,22)/t13-/m0/s1. The fraction of sp³-hybridized carbons (Fsp3) is 0.263. The van der Waals surface area contributed by atoms with Crippen LogP contribution in [0.4, 0.5) is 0 Å². The van der Waals surface area contributed by atoms with Crippen LogP contribution in [0.3, 0.4) is 0 Å². The van der Waals surface area contributed by atoms with Gasteiger partial charge in [0.2, 0.25) is 0 Å². The summed E-state index contributed by atoms with van der Waals surface area (Å²) in [5.41, 5.74) is 1.74. The molecule has 0 saturated heterocycles. The Hall–Kier alpha value is -3.02. The smallest absolute Gasteiger partial charge is 0.342 e. The molecule has 1 atom stereocenters. The van der Waals surface area contributed by atoms with Gasteiger partial charge in [0.15, 0.2) is 6.10 Å².